The fourth-order valence-corrected chi connectivity index (χ4v) is 1.60. The third kappa shape index (κ3) is 3.28. The van der Waals surface area contributed by atoms with Crippen molar-refractivity contribution in [2.75, 3.05) is 13.2 Å². The van der Waals surface area contributed by atoms with Gasteiger partial charge in [-0.3, -0.25) is 0 Å². The largest absolute Gasteiger partial charge is 0.462 e. The molecule has 1 aromatic carbocycles. The first-order valence-corrected chi connectivity index (χ1v) is 6.19. The van der Waals surface area contributed by atoms with E-state index in [1.54, 1.807) is 6.92 Å². The molecule has 112 valence electrons. The van der Waals surface area contributed by atoms with Crippen LogP contribution in [-0.4, -0.2) is 25.2 Å². The van der Waals surface area contributed by atoms with Crippen molar-refractivity contribution in [3.8, 4) is 0 Å². The second kappa shape index (κ2) is 7.22. The molecule has 0 saturated carbocycles. The molecule has 1 rings (SSSR count). The summed E-state index contributed by atoms with van der Waals surface area (Å²) in [7, 11) is 0. The molecule has 0 aliphatic carbocycles. The Bertz CT molecular complexity index is 532. The van der Waals surface area contributed by atoms with Crippen molar-refractivity contribution in [1.29, 1.82) is 0 Å². The molecule has 8 nitrogen and oxygen atoms in total. The van der Waals surface area contributed by atoms with Crippen molar-refractivity contribution in [3.63, 3.8) is 0 Å². The summed E-state index contributed by atoms with van der Waals surface area (Å²) in [6.45, 7) is 3.35. The molecule has 21 heavy (non-hydrogen) atoms. The van der Waals surface area contributed by atoms with E-state index in [-0.39, 0.29) is 24.3 Å². The molecule has 0 spiro atoms. The Morgan fingerprint density at radius 1 is 1.00 bits per heavy atom. The summed E-state index contributed by atoms with van der Waals surface area (Å²) in [5.74, 6) is -1.73. The molecule has 0 N–H and O–H groups in total. The van der Waals surface area contributed by atoms with Crippen LogP contribution in [0.2, 0.25) is 0 Å². The van der Waals surface area contributed by atoms with Gasteiger partial charge in [0.05, 0.1) is 18.8 Å². The van der Waals surface area contributed by atoms with Gasteiger partial charge in [-0.1, -0.05) is 12.1 Å². The van der Waals surface area contributed by atoms with Crippen molar-refractivity contribution >= 4 is 11.9 Å². The average Bonchev–Trinajstić information content (AvgIpc) is 2.50. The van der Waals surface area contributed by atoms with Crippen LogP contribution in [0.5, 0.6) is 0 Å². The Hall–Kier alpha value is -2.64. The number of hydrogen-bond acceptors (Lipinski definition) is 8. The molecule has 0 heterocycles. The second-order valence-electron chi connectivity index (χ2n) is 3.87. The highest BCUT2D eigenvalue weighted by Gasteiger charge is 2.46. The number of benzene rings is 1. The number of rotatable bonds is 7. The predicted molar refractivity (Wildman–Crippen MR) is 72.3 cm³/mol. The van der Waals surface area contributed by atoms with E-state index >= 15 is 0 Å². The van der Waals surface area contributed by atoms with Gasteiger partial charge >= 0.3 is 17.6 Å². The first kappa shape index (κ1) is 16.4. The minimum atomic E-state index is -2.51. The summed E-state index contributed by atoms with van der Waals surface area (Å²) in [5, 5.41) is 5.04. The molecule has 1 aromatic rings. The third-order valence-electron chi connectivity index (χ3n) is 2.62. The highest BCUT2D eigenvalue weighted by molar-refractivity contribution is 5.90. The lowest BCUT2D eigenvalue weighted by molar-refractivity contribution is -0.149. The molecule has 0 aliphatic rings. The molecular weight excluding hydrogens is 280 g/mol. The SMILES string of the molecule is CCOC(=O)c1ccc(C(N=O)(N=O)C(=O)OCC)cc1. The summed E-state index contributed by atoms with van der Waals surface area (Å²) in [4.78, 5) is 45.2. The lowest BCUT2D eigenvalue weighted by atomic mass is 10.00. The Kier molecular flexibility index (Phi) is 5.65. The summed E-state index contributed by atoms with van der Waals surface area (Å²) < 4.78 is 9.43. The van der Waals surface area contributed by atoms with Crippen LogP contribution in [-0.2, 0) is 19.9 Å². The minimum absolute atomic E-state index is 0.0352. The number of carbonyl (C=O) groups excluding carboxylic acids is 2. The van der Waals surface area contributed by atoms with Crippen LogP contribution in [0, 0.1) is 9.81 Å². The predicted octanol–water partition coefficient (Wildman–Crippen LogP) is 2.11. The quantitative estimate of drug-likeness (QED) is 0.562. The monoisotopic (exact) mass is 294 g/mol. The molecule has 0 amide bonds. The highest BCUT2D eigenvalue weighted by atomic mass is 16.5. The maximum Gasteiger partial charge on any atom is 0.369 e. The maximum absolute atomic E-state index is 11.7. The van der Waals surface area contributed by atoms with E-state index in [1.165, 1.54) is 31.2 Å². The molecule has 0 aliphatic heterocycles. The molecule has 0 fully saturated rings. The van der Waals surface area contributed by atoms with Gasteiger partial charge in [0.1, 0.15) is 0 Å². The molecule has 0 aromatic heterocycles. The smallest absolute Gasteiger partial charge is 0.369 e. The minimum Gasteiger partial charge on any atom is -0.462 e. The number of ether oxygens (including phenoxy) is 2. The fraction of sp³-hybridized carbons (Fsp3) is 0.385. The molecule has 0 radical (unpaired) electrons. The van der Waals surface area contributed by atoms with Crippen LogP contribution >= 0.6 is 0 Å². The van der Waals surface area contributed by atoms with Gasteiger partial charge in [-0.15, -0.1) is 9.81 Å². The van der Waals surface area contributed by atoms with Crippen molar-refractivity contribution < 1.29 is 19.1 Å². The first-order chi connectivity index (χ1) is 10.1. The third-order valence-corrected chi connectivity index (χ3v) is 2.62. The summed E-state index contributed by atoms with van der Waals surface area (Å²) in [5.41, 5.74) is -2.39. The van der Waals surface area contributed by atoms with E-state index in [1.807, 2.05) is 0 Å². The van der Waals surface area contributed by atoms with E-state index in [0.29, 0.717) is 0 Å². The lowest BCUT2D eigenvalue weighted by Gasteiger charge is -2.16. The van der Waals surface area contributed by atoms with Gasteiger partial charge in [0, 0.05) is 5.56 Å². The van der Waals surface area contributed by atoms with Crippen LogP contribution in [0.3, 0.4) is 0 Å². The van der Waals surface area contributed by atoms with Crippen LogP contribution in [0.15, 0.2) is 34.6 Å². The number of nitrogens with zero attached hydrogens (tertiary/aromatic N) is 2. The average molecular weight is 294 g/mol. The summed E-state index contributed by atoms with van der Waals surface area (Å²) >= 11 is 0. The van der Waals surface area contributed by atoms with E-state index < -0.39 is 17.6 Å². The second-order valence-corrected chi connectivity index (χ2v) is 3.87. The van der Waals surface area contributed by atoms with E-state index in [9.17, 15) is 19.4 Å². The zero-order valence-corrected chi connectivity index (χ0v) is 11.6. The van der Waals surface area contributed by atoms with E-state index in [2.05, 4.69) is 15.1 Å². The highest BCUT2D eigenvalue weighted by Crippen LogP contribution is 2.29. The number of esters is 2. The van der Waals surface area contributed by atoms with Gasteiger partial charge in [0.25, 0.3) is 0 Å². The van der Waals surface area contributed by atoms with Crippen LogP contribution in [0.25, 0.3) is 0 Å². The zero-order valence-electron chi connectivity index (χ0n) is 11.6. The maximum atomic E-state index is 11.7. The summed E-state index contributed by atoms with van der Waals surface area (Å²) in [6, 6.07) is 5.06. The molecule has 0 atom stereocenters. The Labute approximate surface area is 120 Å². The van der Waals surface area contributed by atoms with Crippen molar-refractivity contribution in [3.05, 3.63) is 45.2 Å². The number of hydrogen-bond donors (Lipinski definition) is 0. The molecule has 0 unspecified atom stereocenters. The first-order valence-electron chi connectivity index (χ1n) is 6.19. The molecular formula is C13H14N2O6. The van der Waals surface area contributed by atoms with Crippen molar-refractivity contribution in [1.82, 2.24) is 0 Å². The Morgan fingerprint density at radius 2 is 1.52 bits per heavy atom. The van der Waals surface area contributed by atoms with Gasteiger partial charge in [-0.2, -0.15) is 0 Å². The zero-order chi connectivity index (χ0) is 15.9. The molecule has 8 heteroatoms. The van der Waals surface area contributed by atoms with Gasteiger partial charge in [-0.25, -0.2) is 9.59 Å². The standard InChI is InChI=1S/C13H14N2O6/c1-3-20-11(16)9-5-7-10(8-6-9)13(14-18,15-19)12(17)21-4-2/h5-8H,3-4H2,1-2H3. The molecule has 0 bridgehead atoms. The van der Waals surface area contributed by atoms with Crippen LogP contribution < -0.4 is 0 Å². The van der Waals surface area contributed by atoms with Crippen molar-refractivity contribution in [2.24, 2.45) is 10.4 Å². The van der Waals surface area contributed by atoms with Crippen LogP contribution in [0.1, 0.15) is 29.8 Å². The van der Waals surface area contributed by atoms with E-state index in [4.69, 9.17) is 4.74 Å². The van der Waals surface area contributed by atoms with E-state index in [0.717, 1.165) is 0 Å². The van der Waals surface area contributed by atoms with Gasteiger partial charge in [0.2, 0.25) is 0 Å². The Balaban J connectivity index is 3.16. The fourth-order valence-electron chi connectivity index (χ4n) is 1.60. The number of carbonyl (C=O) groups is 2. The van der Waals surface area contributed by atoms with Crippen LogP contribution in [0.4, 0.5) is 0 Å². The number of nitroso groups, excluding NO2 is 2. The Morgan fingerprint density at radius 3 is 1.95 bits per heavy atom. The van der Waals surface area contributed by atoms with Gasteiger partial charge in [0.15, 0.2) is 0 Å². The summed E-state index contributed by atoms with van der Waals surface area (Å²) in [6.07, 6.45) is 0. The molecule has 0 saturated heterocycles. The lowest BCUT2D eigenvalue weighted by Crippen LogP contribution is -2.33. The topological polar surface area (TPSA) is 111 Å². The van der Waals surface area contributed by atoms with Gasteiger partial charge in [-0.05, 0) is 36.3 Å². The van der Waals surface area contributed by atoms with Crippen molar-refractivity contribution in [2.45, 2.75) is 19.5 Å². The normalized spacial score (nSPS) is 10.6. The van der Waals surface area contributed by atoms with Gasteiger partial charge < -0.3 is 9.47 Å².